The van der Waals surface area contributed by atoms with E-state index in [1.807, 2.05) is 26.0 Å². The highest BCUT2D eigenvalue weighted by atomic mass is 35.5. The van der Waals surface area contributed by atoms with Crippen LogP contribution in [-0.4, -0.2) is 4.98 Å². The Bertz CT molecular complexity index is 170. The van der Waals surface area contributed by atoms with Crippen molar-refractivity contribution in [2.75, 3.05) is 0 Å². The van der Waals surface area contributed by atoms with Gasteiger partial charge in [-0.15, -0.1) is 0 Å². The average Bonchev–Trinajstić information content (AvgIpc) is 1.59. The van der Waals surface area contributed by atoms with Crippen LogP contribution >= 0.6 is 11.6 Å². The molecule has 2 heteroatoms. The maximum atomic E-state index is 5.71. The molecule has 0 aliphatic carbocycles. The minimum atomic E-state index is 0.764. The van der Waals surface area contributed by atoms with Gasteiger partial charge >= 0.3 is 0 Å². The highest BCUT2D eigenvalue weighted by Gasteiger charge is 1.90. The first-order valence-corrected chi connectivity index (χ1v) is 3.17. The topological polar surface area (TPSA) is 12.9 Å². The fourth-order valence-electron chi connectivity index (χ4n) is 0.783. The molecular formula is C7H8ClN. The minimum Gasteiger partial charge on any atom is -0.258 e. The molecule has 0 saturated carbocycles. The molecule has 0 aromatic carbocycles. The predicted octanol–water partition coefficient (Wildman–Crippen LogP) is 2.35. The summed E-state index contributed by atoms with van der Waals surface area (Å²) >= 11 is 5.71. The number of nitrogens with zero attached hydrogens (tertiary/aromatic N) is 1. The molecule has 0 aliphatic rings. The SMILES string of the molecule is Cc1cc(Cl)cc(C)n1. The van der Waals surface area contributed by atoms with E-state index < -0.39 is 0 Å². The lowest BCUT2D eigenvalue weighted by atomic mass is 10.3. The Morgan fingerprint density at radius 3 is 2.00 bits per heavy atom. The van der Waals surface area contributed by atoms with E-state index in [4.69, 9.17) is 11.6 Å². The third kappa shape index (κ3) is 1.68. The first kappa shape index (κ1) is 6.56. The normalized spacial score (nSPS) is 9.67. The second-order valence-electron chi connectivity index (χ2n) is 2.07. The molecule has 48 valence electrons. The van der Waals surface area contributed by atoms with Crippen molar-refractivity contribution < 1.29 is 0 Å². The Balaban J connectivity index is 3.17. The van der Waals surface area contributed by atoms with Gasteiger partial charge in [0.15, 0.2) is 0 Å². The Hall–Kier alpha value is -0.560. The molecule has 0 radical (unpaired) electrons. The zero-order chi connectivity index (χ0) is 6.85. The van der Waals surface area contributed by atoms with Crippen LogP contribution < -0.4 is 0 Å². The van der Waals surface area contributed by atoms with Gasteiger partial charge in [-0.05, 0) is 26.0 Å². The van der Waals surface area contributed by atoms with E-state index in [0.29, 0.717) is 0 Å². The van der Waals surface area contributed by atoms with E-state index in [1.165, 1.54) is 0 Å². The van der Waals surface area contributed by atoms with E-state index in [0.717, 1.165) is 16.4 Å². The fraction of sp³-hybridized carbons (Fsp3) is 0.286. The maximum Gasteiger partial charge on any atom is 0.0441 e. The van der Waals surface area contributed by atoms with Crippen LogP contribution in [0.2, 0.25) is 5.02 Å². The number of aryl methyl sites for hydroxylation is 2. The first-order valence-electron chi connectivity index (χ1n) is 2.79. The van der Waals surface area contributed by atoms with Crippen LogP contribution in [0.15, 0.2) is 12.1 Å². The van der Waals surface area contributed by atoms with Crippen molar-refractivity contribution in [2.45, 2.75) is 13.8 Å². The minimum absolute atomic E-state index is 0.764. The molecule has 1 aromatic heterocycles. The van der Waals surface area contributed by atoms with Crippen LogP contribution in [-0.2, 0) is 0 Å². The molecule has 0 amide bonds. The monoisotopic (exact) mass is 141 g/mol. The third-order valence-corrected chi connectivity index (χ3v) is 1.26. The molecule has 9 heavy (non-hydrogen) atoms. The van der Waals surface area contributed by atoms with Crippen molar-refractivity contribution in [3.05, 3.63) is 28.5 Å². The van der Waals surface area contributed by atoms with Crippen LogP contribution in [0, 0.1) is 13.8 Å². The summed E-state index contributed by atoms with van der Waals surface area (Å²) in [5, 5.41) is 0.764. The summed E-state index contributed by atoms with van der Waals surface area (Å²) in [4.78, 5) is 4.15. The van der Waals surface area contributed by atoms with E-state index in [9.17, 15) is 0 Å². The number of pyridine rings is 1. The van der Waals surface area contributed by atoms with Crippen molar-refractivity contribution in [1.29, 1.82) is 0 Å². The second kappa shape index (κ2) is 2.36. The maximum absolute atomic E-state index is 5.71. The van der Waals surface area contributed by atoms with E-state index in [1.54, 1.807) is 0 Å². The van der Waals surface area contributed by atoms with Crippen LogP contribution in [0.5, 0.6) is 0 Å². The smallest absolute Gasteiger partial charge is 0.0441 e. The fourth-order valence-corrected chi connectivity index (χ4v) is 1.10. The van der Waals surface area contributed by atoms with Crippen LogP contribution in [0.3, 0.4) is 0 Å². The van der Waals surface area contributed by atoms with Gasteiger partial charge in [-0.25, -0.2) is 0 Å². The molecule has 1 aromatic rings. The Morgan fingerprint density at radius 2 is 1.67 bits per heavy atom. The Morgan fingerprint density at radius 1 is 1.22 bits per heavy atom. The van der Waals surface area contributed by atoms with Gasteiger partial charge in [-0.1, -0.05) is 11.6 Å². The molecule has 0 spiro atoms. The molecule has 0 bridgehead atoms. The average molecular weight is 142 g/mol. The summed E-state index contributed by atoms with van der Waals surface area (Å²) < 4.78 is 0. The predicted molar refractivity (Wildman–Crippen MR) is 38.7 cm³/mol. The van der Waals surface area contributed by atoms with Gasteiger partial charge in [0.1, 0.15) is 0 Å². The Kier molecular flexibility index (Phi) is 1.72. The molecule has 0 N–H and O–H groups in total. The van der Waals surface area contributed by atoms with Crippen molar-refractivity contribution in [2.24, 2.45) is 0 Å². The van der Waals surface area contributed by atoms with Gasteiger partial charge in [0.2, 0.25) is 0 Å². The van der Waals surface area contributed by atoms with Gasteiger partial charge in [-0.2, -0.15) is 0 Å². The van der Waals surface area contributed by atoms with Crippen molar-refractivity contribution >= 4 is 11.6 Å². The van der Waals surface area contributed by atoms with Crippen molar-refractivity contribution in [3.8, 4) is 0 Å². The van der Waals surface area contributed by atoms with Crippen LogP contribution in [0.4, 0.5) is 0 Å². The summed E-state index contributed by atoms with van der Waals surface area (Å²) in [7, 11) is 0. The summed E-state index contributed by atoms with van der Waals surface area (Å²) in [5.74, 6) is 0. The van der Waals surface area contributed by atoms with Gasteiger partial charge in [0.05, 0.1) is 0 Å². The van der Waals surface area contributed by atoms with Gasteiger partial charge in [0, 0.05) is 16.4 Å². The molecule has 1 nitrogen and oxygen atoms in total. The molecule has 0 unspecified atom stereocenters. The number of rotatable bonds is 0. The molecule has 0 fully saturated rings. The lowest BCUT2D eigenvalue weighted by Gasteiger charge is -1.94. The number of hydrogen-bond donors (Lipinski definition) is 0. The van der Waals surface area contributed by atoms with Gasteiger partial charge in [-0.3, -0.25) is 4.98 Å². The lowest BCUT2D eigenvalue weighted by molar-refractivity contribution is 1.12. The zero-order valence-corrected chi connectivity index (χ0v) is 6.24. The first-order chi connectivity index (χ1) is 4.18. The third-order valence-electron chi connectivity index (χ3n) is 1.05. The van der Waals surface area contributed by atoms with Gasteiger partial charge < -0.3 is 0 Å². The number of hydrogen-bond acceptors (Lipinski definition) is 1. The highest BCUT2D eigenvalue weighted by Crippen LogP contribution is 2.09. The zero-order valence-electron chi connectivity index (χ0n) is 5.48. The largest absolute Gasteiger partial charge is 0.258 e. The standard InChI is InChI=1S/C7H8ClN/c1-5-3-7(8)4-6(2)9-5/h3-4H,1-2H3. The van der Waals surface area contributed by atoms with E-state index in [2.05, 4.69) is 4.98 Å². The molecule has 0 atom stereocenters. The van der Waals surface area contributed by atoms with Crippen LogP contribution in [0.1, 0.15) is 11.4 Å². The molecule has 1 heterocycles. The van der Waals surface area contributed by atoms with Crippen molar-refractivity contribution in [1.82, 2.24) is 4.98 Å². The number of halogens is 1. The molecule has 0 saturated heterocycles. The summed E-state index contributed by atoms with van der Waals surface area (Å²) in [6.45, 7) is 3.86. The summed E-state index contributed by atoms with van der Waals surface area (Å²) in [6.07, 6.45) is 0. The van der Waals surface area contributed by atoms with E-state index in [-0.39, 0.29) is 0 Å². The lowest BCUT2D eigenvalue weighted by Crippen LogP contribution is -1.83. The summed E-state index contributed by atoms with van der Waals surface area (Å²) in [6, 6.07) is 3.68. The van der Waals surface area contributed by atoms with Crippen molar-refractivity contribution in [3.63, 3.8) is 0 Å². The quantitative estimate of drug-likeness (QED) is 0.541. The summed E-state index contributed by atoms with van der Waals surface area (Å²) in [5.41, 5.74) is 1.94. The second-order valence-corrected chi connectivity index (χ2v) is 2.50. The highest BCUT2D eigenvalue weighted by molar-refractivity contribution is 6.30. The van der Waals surface area contributed by atoms with Crippen LogP contribution in [0.25, 0.3) is 0 Å². The van der Waals surface area contributed by atoms with E-state index >= 15 is 0 Å². The van der Waals surface area contributed by atoms with Gasteiger partial charge in [0.25, 0.3) is 0 Å². The molecular weight excluding hydrogens is 134 g/mol. The Labute approximate surface area is 59.7 Å². The molecule has 1 rings (SSSR count). The number of aromatic nitrogens is 1. The molecule has 0 aliphatic heterocycles.